The molecular formula is C18H21N5O2. The van der Waals surface area contributed by atoms with Gasteiger partial charge < -0.3 is 9.73 Å². The zero-order valence-corrected chi connectivity index (χ0v) is 14.6. The minimum atomic E-state index is -0.156. The van der Waals surface area contributed by atoms with Crippen molar-refractivity contribution in [1.82, 2.24) is 25.3 Å². The van der Waals surface area contributed by atoms with Gasteiger partial charge in [0.25, 0.3) is 5.91 Å². The van der Waals surface area contributed by atoms with Crippen LogP contribution in [-0.4, -0.2) is 25.9 Å². The molecule has 2 N–H and O–H groups in total. The molecule has 0 bridgehead atoms. The fourth-order valence-corrected chi connectivity index (χ4v) is 3.58. The molecule has 3 aromatic rings. The van der Waals surface area contributed by atoms with Crippen LogP contribution in [0.4, 0.5) is 0 Å². The first-order valence-electron chi connectivity index (χ1n) is 8.47. The highest BCUT2D eigenvalue weighted by atomic mass is 16.3. The molecule has 0 fully saturated rings. The monoisotopic (exact) mass is 339 g/mol. The predicted molar refractivity (Wildman–Crippen MR) is 92.1 cm³/mol. The molecule has 0 unspecified atom stereocenters. The fraction of sp³-hybridized carbons (Fsp3) is 0.389. The van der Waals surface area contributed by atoms with Crippen molar-refractivity contribution in [2.45, 2.75) is 39.2 Å². The number of hydrogen-bond acceptors (Lipinski definition) is 4. The minimum absolute atomic E-state index is 0.0105. The van der Waals surface area contributed by atoms with Gasteiger partial charge in [-0.25, -0.2) is 0 Å². The van der Waals surface area contributed by atoms with Gasteiger partial charge in [-0.1, -0.05) is 0 Å². The number of amides is 1. The van der Waals surface area contributed by atoms with Crippen LogP contribution >= 0.6 is 0 Å². The number of aromatic amines is 1. The summed E-state index contributed by atoms with van der Waals surface area (Å²) in [4.78, 5) is 12.6. The molecule has 3 heterocycles. The largest absolute Gasteiger partial charge is 0.469 e. The maximum atomic E-state index is 12.6. The third-order valence-electron chi connectivity index (χ3n) is 4.94. The second kappa shape index (κ2) is 5.91. The Labute approximate surface area is 145 Å². The van der Waals surface area contributed by atoms with Crippen molar-refractivity contribution in [2.24, 2.45) is 7.05 Å². The molecule has 0 aliphatic heterocycles. The van der Waals surface area contributed by atoms with Gasteiger partial charge in [0, 0.05) is 30.3 Å². The van der Waals surface area contributed by atoms with Crippen LogP contribution in [0.2, 0.25) is 0 Å². The Balaban J connectivity index is 1.56. The number of hydrogen-bond donors (Lipinski definition) is 2. The number of aromatic nitrogens is 4. The Kier molecular flexibility index (Phi) is 3.71. The Morgan fingerprint density at radius 3 is 3.04 bits per heavy atom. The second-order valence-electron chi connectivity index (χ2n) is 6.55. The number of carbonyl (C=O) groups is 1. The summed E-state index contributed by atoms with van der Waals surface area (Å²) in [5.41, 5.74) is 5.15. The Bertz CT molecular complexity index is 933. The van der Waals surface area contributed by atoms with Crippen LogP contribution in [0.1, 0.15) is 52.1 Å². The zero-order valence-electron chi connectivity index (χ0n) is 14.6. The molecule has 0 aromatic carbocycles. The van der Waals surface area contributed by atoms with Crippen molar-refractivity contribution in [3.63, 3.8) is 0 Å². The van der Waals surface area contributed by atoms with Crippen LogP contribution in [-0.2, 0) is 13.5 Å². The Hall–Kier alpha value is -2.83. The number of rotatable bonds is 3. The third-order valence-corrected chi connectivity index (χ3v) is 4.94. The molecule has 1 aliphatic carbocycles. The van der Waals surface area contributed by atoms with E-state index in [9.17, 15) is 4.79 Å². The van der Waals surface area contributed by atoms with E-state index in [-0.39, 0.29) is 11.9 Å². The standard InChI is InChI=1S/C18H21N5O2/c1-10-17(11(2)23(3)22-10)14-9-15(21-20-14)18(24)19-13-5-4-6-16-12(13)7-8-25-16/h7-9,13H,4-6H2,1-3H3,(H,19,24)(H,20,21)/t13-/m1/s1. The van der Waals surface area contributed by atoms with E-state index in [1.165, 1.54) is 0 Å². The molecule has 25 heavy (non-hydrogen) atoms. The summed E-state index contributed by atoms with van der Waals surface area (Å²) in [6.07, 6.45) is 4.55. The molecule has 0 radical (unpaired) electrons. The van der Waals surface area contributed by atoms with Crippen molar-refractivity contribution < 1.29 is 9.21 Å². The molecule has 0 spiro atoms. The molecule has 0 saturated carbocycles. The third kappa shape index (κ3) is 2.65. The number of fused-ring (bicyclic) bond motifs is 1. The summed E-state index contributed by atoms with van der Waals surface area (Å²) in [5, 5.41) is 14.7. The zero-order chi connectivity index (χ0) is 17.6. The molecule has 4 rings (SSSR count). The van der Waals surface area contributed by atoms with Gasteiger partial charge in [-0.05, 0) is 38.8 Å². The molecule has 130 valence electrons. The van der Waals surface area contributed by atoms with Gasteiger partial charge in [0.1, 0.15) is 11.5 Å². The van der Waals surface area contributed by atoms with Gasteiger partial charge >= 0.3 is 0 Å². The lowest BCUT2D eigenvalue weighted by atomic mass is 9.93. The minimum Gasteiger partial charge on any atom is -0.469 e. The highest BCUT2D eigenvalue weighted by Crippen LogP contribution is 2.31. The number of nitrogens with one attached hydrogen (secondary N) is 2. The summed E-state index contributed by atoms with van der Waals surface area (Å²) in [5.74, 6) is 0.820. The van der Waals surface area contributed by atoms with Crippen molar-refractivity contribution >= 4 is 5.91 Å². The second-order valence-corrected chi connectivity index (χ2v) is 6.55. The summed E-state index contributed by atoms with van der Waals surface area (Å²) in [6, 6.07) is 3.72. The van der Waals surface area contributed by atoms with Gasteiger partial charge in [-0.15, -0.1) is 0 Å². The van der Waals surface area contributed by atoms with Crippen LogP contribution in [0, 0.1) is 13.8 Å². The number of carbonyl (C=O) groups excluding carboxylic acids is 1. The lowest BCUT2D eigenvalue weighted by molar-refractivity contribution is 0.0927. The van der Waals surface area contributed by atoms with E-state index in [1.54, 1.807) is 12.3 Å². The quantitative estimate of drug-likeness (QED) is 0.768. The van der Waals surface area contributed by atoms with Gasteiger partial charge in [0.05, 0.1) is 23.7 Å². The number of H-pyrrole nitrogens is 1. The van der Waals surface area contributed by atoms with Gasteiger partial charge in [0.15, 0.2) is 0 Å². The van der Waals surface area contributed by atoms with Crippen LogP contribution in [0.5, 0.6) is 0 Å². The summed E-state index contributed by atoms with van der Waals surface area (Å²) in [6.45, 7) is 3.94. The van der Waals surface area contributed by atoms with Crippen molar-refractivity contribution in [3.05, 3.63) is 46.8 Å². The van der Waals surface area contributed by atoms with E-state index < -0.39 is 0 Å². The maximum absolute atomic E-state index is 12.6. The lowest BCUT2D eigenvalue weighted by Crippen LogP contribution is -2.30. The highest BCUT2D eigenvalue weighted by molar-refractivity contribution is 5.93. The van der Waals surface area contributed by atoms with Crippen LogP contribution in [0.3, 0.4) is 0 Å². The average molecular weight is 339 g/mol. The van der Waals surface area contributed by atoms with E-state index in [4.69, 9.17) is 4.42 Å². The first kappa shape index (κ1) is 15.7. The fourth-order valence-electron chi connectivity index (χ4n) is 3.58. The number of aryl methyl sites for hydroxylation is 3. The van der Waals surface area contributed by atoms with E-state index >= 15 is 0 Å². The molecule has 1 amide bonds. The van der Waals surface area contributed by atoms with Gasteiger partial charge in [-0.3, -0.25) is 14.6 Å². The Morgan fingerprint density at radius 2 is 2.28 bits per heavy atom. The van der Waals surface area contributed by atoms with Gasteiger partial charge in [-0.2, -0.15) is 10.2 Å². The smallest absolute Gasteiger partial charge is 0.269 e. The first-order chi connectivity index (χ1) is 12.0. The number of furan rings is 1. The lowest BCUT2D eigenvalue weighted by Gasteiger charge is -2.22. The van der Waals surface area contributed by atoms with Crippen molar-refractivity contribution in [2.75, 3.05) is 0 Å². The van der Waals surface area contributed by atoms with E-state index in [1.807, 2.05) is 31.6 Å². The van der Waals surface area contributed by atoms with Crippen LogP contribution < -0.4 is 5.32 Å². The topological polar surface area (TPSA) is 88.7 Å². The molecule has 3 aromatic heterocycles. The molecule has 1 atom stereocenters. The van der Waals surface area contributed by atoms with E-state index in [2.05, 4.69) is 20.6 Å². The van der Waals surface area contributed by atoms with Gasteiger partial charge in [0.2, 0.25) is 0 Å². The van der Waals surface area contributed by atoms with E-state index in [0.29, 0.717) is 5.69 Å². The normalized spacial score (nSPS) is 16.7. The maximum Gasteiger partial charge on any atom is 0.269 e. The first-order valence-corrected chi connectivity index (χ1v) is 8.47. The van der Waals surface area contributed by atoms with Crippen molar-refractivity contribution in [3.8, 4) is 11.3 Å². The average Bonchev–Trinajstić information content (AvgIpc) is 3.28. The van der Waals surface area contributed by atoms with Crippen LogP contribution in [0.15, 0.2) is 22.8 Å². The molecule has 7 nitrogen and oxygen atoms in total. The molecule has 7 heteroatoms. The van der Waals surface area contributed by atoms with Crippen molar-refractivity contribution in [1.29, 1.82) is 0 Å². The molecule has 0 saturated heterocycles. The highest BCUT2D eigenvalue weighted by Gasteiger charge is 2.25. The SMILES string of the molecule is Cc1nn(C)c(C)c1-c1cc(C(=O)N[C@@H]2CCCc3occc32)[nH]n1. The predicted octanol–water partition coefficient (Wildman–Crippen LogP) is 2.83. The Morgan fingerprint density at radius 1 is 1.44 bits per heavy atom. The summed E-state index contributed by atoms with van der Waals surface area (Å²) in [7, 11) is 1.90. The molecule has 1 aliphatic rings. The molecular weight excluding hydrogens is 318 g/mol. The number of nitrogens with zero attached hydrogens (tertiary/aromatic N) is 3. The van der Waals surface area contributed by atoms with Crippen LogP contribution in [0.25, 0.3) is 11.3 Å². The summed E-state index contributed by atoms with van der Waals surface area (Å²) < 4.78 is 7.30. The summed E-state index contributed by atoms with van der Waals surface area (Å²) >= 11 is 0. The van der Waals surface area contributed by atoms with E-state index in [0.717, 1.165) is 53.2 Å².